The van der Waals surface area contributed by atoms with Crippen LogP contribution in [0.2, 0.25) is 0 Å². The number of hydrogen-bond donors (Lipinski definition) is 1. The quantitative estimate of drug-likeness (QED) is 0.235. The van der Waals surface area contributed by atoms with Crippen molar-refractivity contribution in [3.63, 3.8) is 0 Å². The molecule has 5 rings (SSSR count). The minimum Gasteiger partial charge on any atom is -0.479 e. The van der Waals surface area contributed by atoms with Crippen molar-refractivity contribution < 1.29 is 49.1 Å². The van der Waals surface area contributed by atoms with Gasteiger partial charge in [0, 0.05) is 49.4 Å². The number of fused-ring (bicyclic) bond motifs is 1. The first-order chi connectivity index (χ1) is 20.8. The van der Waals surface area contributed by atoms with Gasteiger partial charge >= 0.3 is 12.1 Å². The molecule has 18 heteroatoms. The topological polar surface area (TPSA) is 127 Å². The molecule has 11 nitrogen and oxygen atoms in total. The summed E-state index contributed by atoms with van der Waals surface area (Å²) in [6, 6.07) is 4.48. The highest BCUT2D eigenvalue weighted by atomic mass is 32.2. The van der Waals surface area contributed by atoms with Gasteiger partial charge in [-0.3, -0.25) is 0 Å². The lowest BCUT2D eigenvalue weighted by atomic mass is 10.0. The van der Waals surface area contributed by atoms with Crippen LogP contribution in [0.4, 0.5) is 37.8 Å². The number of alkyl halides is 3. The Hall–Kier alpha value is -4.71. The van der Waals surface area contributed by atoms with Gasteiger partial charge in [0.25, 0.3) is 10.0 Å². The molecule has 1 saturated heterocycles. The minimum atomic E-state index is -5.70. The predicted molar refractivity (Wildman–Crippen MR) is 143 cm³/mol. The number of nitrogens with zero attached hydrogens (tertiary/aromatic N) is 5. The molecule has 0 aliphatic carbocycles. The van der Waals surface area contributed by atoms with E-state index in [-0.39, 0.29) is 28.1 Å². The zero-order chi connectivity index (χ0) is 31.8. The maximum absolute atomic E-state index is 15.3. The van der Waals surface area contributed by atoms with Gasteiger partial charge in [-0.25, -0.2) is 32.9 Å². The molecule has 232 valence electrons. The fourth-order valence-electron chi connectivity index (χ4n) is 4.42. The molecule has 0 amide bonds. The van der Waals surface area contributed by atoms with Crippen LogP contribution < -0.4 is 19.4 Å². The number of halogens is 6. The first-order valence-corrected chi connectivity index (χ1v) is 14.0. The molecule has 3 heterocycles. The number of sulfonamides is 1. The number of nitrogens with one attached hydrogen (secondary N) is 1. The Bertz CT molecular complexity index is 1850. The van der Waals surface area contributed by atoms with Crippen molar-refractivity contribution in [2.24, 2.45) is 0 Å². The van der Waals surface area contributed by atoms with Crippen molar-refractivity contribution in [2.75, 3.05) is 42.7 Å². The average Bonchev–Trinajstić information content (AvgIpc) is 2.98. The largest absolute Gasteiger partial charge is 0.493 e. The summed E-state index contributed by atoms with van der Waals surface area (Å²) in [5.41, 5.74) is -0.989. The summed E-state index contributed by atoms with van der Waals surface area (Å²) < 4.78 is 114. The second kappa shape index (κ2) is 11.8. The summed E-state index contributed by atoms with van der Waals surface area (Å²) in [6.07, 6.45) is -3.41. The second-order valence-corrected chi connectivity index (χ2v) is 10.9. The minimum absolute atomic E-state index is 0.0333. The Morgan fingerprint density at radius 3 is 2.36 bits per heavy atom. The van der Waals surface area contributed by atoms with Crippen molar-refractivity contribution in [3.8, 4) is 17.0 Å². The van der Waals surface area contributed by atoms with Crippen molar-refractivity contribution in [1.82, 2.24) is 20.3 Å². The SMILES string of the molecule is COc1ncc(-c2cc(F)c3ncnc(N4CCNCC4)c3c2)cc1N(OC(=O)C(F)(F)F)S(=O)(=O)c1ccc(F)cc1F. The van der Waals surface area contributed by atoms with E-state index in [2.05, 4.69) is 25.1 Å². The van der Waals surface area contributed by atoms with Crippen molar-refractivity contribution in [3.05, 3.63) is 66.4 Å². The maximum atomic E-state index is 15.3. The van der Waals surface area contributed by atoms with Crippen LogP contribution in [0.15, 0.2) is 53.8 Å². The number of ether oxygens (including phenoxy) is 1. The molecule has 1 fully saturated rings. The first-order valence-electron chi connectivity index (χ1n) is 12.5. The number of piperazine rings is 1. The van der Waals surface area contributed by atoms with Crippen LogP contribution in [-0.4, -0.2) is 68.8 Å². The van der Waals surface area contributed by atoms with Crippen LogP contribution in [0, 0.1) is 17.5 Å². The number of anilines is 2. The van der Waals surface area contributed by atoms with Gasteiger partial charge in [0.05, 0.1) is 7.11 Å². The fraction of sp³-hybridized carbons (Fsp3) is 0.231. The van der Waals surface area contributed by atoms with E-state index in [1.54, 1.807) is 0 Å². The number of carbonyl (C=O) groups is 1. The van der Waals surface area contributed by atoms with Gasteiger partial charge < -0.3 is 19.8 Å². The molecule has 2 aromatic heterocycles. The number of hydrogen-bond acceptors (Lipinski definition) is 10. The third-order valence-electron chi connectivity index (χ3n) is 6.43. The maximum Gasteiger partial charge on any atom is 0.493 e. The Morgan fingerprint density at radius 1 is 0.977 bits per heavy atom. The molecule has 1 aliphatic heterocycles. The molecule has 0 atom stereocenters. The summed E-state index contributed by atoms with van der Waals surface area (Å²) in [4.78, 5) is 28.8. The highest BCUT2D eigenvalue weighted by Crippen LogP contribution is 2.38. The van der Waals surface area contributed by atoms with Gasteiger partial charge in [-0.1, -0.05) is 4.47 Å². The van der Waals surface area contributed by atoms with Crippen LogP contribution in [0.3, 0.4) is 0 Å². The Kier molecular flexibility index (Phi) is 8.21. The highest BCUT2D eigenvalue weighted by molar-refractivity contribution is 7.92. The summed E-state index contributed by atoms with van der Waals surface area (Å²) in [5.74, 6) is -6.97. The van der Waals surface area contributed by atoms with Crippen LogP contribution in [0.25, 0.3) is 22.0 Å². The number of benzene rings is 2. The zero-order valence-electron chi connectivity index (χ0n) is 22.4. The lowest BCUT2D eigenvalue weighted by Gasteiger charge is -2.29. The standard InChI is InChI=1S/C26H20F6N6O5S/c1-42-24-20(38(43-25(39)26(30,31)32)44(40,41)21-3-2-16(27)11-18(21)28)10-15(12-34-24)14-8-17-22(19(29)9-14)35-13-36-23(17)37-6-4-33-5-7-37/h2-3,8-13,33H,4-7H2,1H3. The van der Waals surface area contributed by atoms with E-state index in [1.807, 2.05) is 4.90 Å². The Morgan fingerprint density at radius 2 is 1.70 bits per heavy atom. The van der Waals surface area contributed by atoms with E-state index in [0.29, 0.717) is 44.1 Å². The molecule has 44 heavy (non-hydrogen) atoms. The number of pyridine rings is 1. The lowest BCUT2D eigenvalue weighted by molar-refractivity contribution is -0.199. The average molecular weight is 643 g/mol. The van der Waals surface area contributed by atoms with E-state index < -0.39 is 60.6 Å². The second-order valence-electron chi connectivity index (χ2n) is 9.22. The number of rotatable bonds is 7. The molecule has 0 spiro atoms. The van der Waals surface area contributed by atoms with Crippen molar-refractivity contribution in [1.29, 1.82) is 0 Å². The summed E-state index contributed by atoms with van der Waals surface area (Å²) >= 11 is 0. The van der Waals surface area contributed by atoms with E-state index in [9.17, 15) is 35.2 Å². The van der Waals surface area contributed by atoms with Gasteiger partial charge in [-0.2, -0.15) is 21.6 Å². The van der Waals surface area contributed by atoms with E-state index >= 15 is 4.39 Å². The first kappa shape index (κ1) is 30.7. The van der Waals surface area contributed by atoms with Gasteiger partial charge in [0.1, 0.15) is 40.0 Å². The van der Waals surface area contributed by atoms with Gasteiger partial charge in [0.2, 0.25) is 5.88 Å². The molecular formula is C26H20F6N6O5S. The molecule has 4 aromatic rings. The number of methoxy groups -OCH3 is 1. The Balaban J connectivity index is 1.69. The smallest absolute Gasteiger partial charge is 0.479 e. The molecular weight excluding hydrogens is 622 g/mol. The monoisotopic (exact) mass is 642 g/mol. The molecule has 0 saturated carbocycles. The fourth-order valence-corrected chi connectivity index (χ4v) is 5.70. The van der Waals surface area contributed by atoms with Crippen molar-refractivity contribution >= 4 is 38.4 Å². The van der Waals surface area contributed by atoms with Gasteiger partial charge in [-0.05, 0) is 35.9 Å². The molecule has 1 aliphatic rings. The molecule has 0 unspecified atom stereocenters. The van der Waals surface area contributed by atoms with Crippen LogP contribution in [0.1, 0.15) is 0 Å². The summed E-state index contributed by atoms with van der Waals surface area (Å²) in [6.45, 7) is 2.36. The molecule has 1 N–H and O–H groups in total. The normalized spacial score (nSPS) is 14.0. The Labute approximate surface area is 245 Å². The predicted octanol–water partition coefficient (Wildman–Crippen LogP) is 3.74. The van der Waals surface area contributed by atoms with E-state index in [1.165, 1.54) is 12.4 Å². The van der Waals surface area contributed by atoms with E-state index in [4.69, 9.17) is 4.74 Å². The zero-order valence-corrected chi connectivity index (χ0v) is 23.2. The van der Waals surface area contributed by atoms with Crippen molar-refractivity contribution in [2.45, 2.75) is 11.1 Å². The molecule has 0 radical (unpaired) electrons. The van der Waals surface area contributed by atoms with Crippen LogP contribution in [-0.2, 0) is 19.7 Å². The van der Waals surface area contributed by atoms with Crippen LogP contribution >= 0.6 is 0 Å². The third-order valence-corrected chi connectivity index (χ3v) is 8.03. The van der Waals surface area contributed by atoms with Gasteiger partial charge in [-0.15, -0.1) is 0 Å². The lowest BCUT2D eigenvalue weighted by Crippen LogP contribution is -2.44. The van der Waals surface area contributed by atoms with Gasteiger partial charge in [0.15, 0.2) is 5.69 Å². The molecule has 2 aromatic carbocycles. The molecule has 0 bridgehead atoms. The summed E-state index contributed by atoms with van der Waals surface area (Å²) in [7, 11) is -4.55. The summed E-state index contributed by atoms with van der Waals surface area (Å²) in [5, 5.41) is 3.45. The number of aromatic nitrogens is 3. The highest BCUT2D eigenvalue weighted by Gasteiger charge is 2.46. The van der Waals surface area contributed by atoms with E-state index in [0.717, 1.165) is 25.4 Å². The number of carbonyl (C=O) groups excluding carboxylic acids is 1. The van der Waals surface area contributed by atoms with Crippen LogP contribution in [0.5, 0.6) is 5.88 Å². The third kappa shape index (κ3) is 5.89.